The molecule has 2 heterocycles. The van der Waals surface area contributed by atoms with Gasteiger partial charge in [0.1, 0.15) is 0 Å². The number of hydrogen-bond acceptors (Lipinski definition) is 6. The van der Waals surface area contributed by atoms with Gasteiger partial charge >= 0.3 is 0 Å². The van der Waals surface area contributed by atoms with Crippen LogP contribution in [0, 0.1) is 0 Å². The predicted octanol–water partition coefficient (Wildman–Crippen LogP) is 4.28. The maximum atomic E-state index is 13.2. The first-order valence-electron chi connectivity index (χ1n) is 9.74. The first kappa shape index (κ1) is 20.7. The molecule has 0 aliphatic carbocycles. The van der Waals surface area contributed by atoms with Gasteiger partial charge in [0.15, 0.2) is 17.3 Å². The van der Waals surface area contributed by atoms with E-state index in [9.17, 15) is 19.8 Å². The molecule has 7 heteroatoms. The third-order valence-corrected chi connectivity index (χ3v) is 6.17. The van der Waals surface area contributed by atoms with Gasteiger partial charge in [-0.15, -0.1) is 11.3 Å². The molecule has 0 fully saturated rings. The molecule has 1 unspecified atom stereocenters. The van der Waals surface area contributed by atoms with Gasteiger partial charge in [0.25, 0.3) is 5.91 Å². The second kappa shape index (κ2) is 8.65. The lowest BCUT2D eigenvalue weighted by molar-refractivity contribution is -0.129. The zero-order valence-corrected chi connectivity index (χ0v) is 17.6. The normalized spacial score (nSPS) is 16.1. The summed E-state index contributed by atoms with van der Waals surface area (Å²) in [5.41, 5.74) is 1.64. The van der Waals surface area contributed by atoms with Crippen LogP contribution < -0.4 is 4.74 Å². The van der Waals surface area contributed by atoms with Gasteiger partial charge in [-0.1, -0.05) is 42.5 Å². The van der Waals surface area contributed by atoms with E-state index in [4.69, 9.17) is 4.74 Å². The van der Waals surface area contributed by atoms with Gasteiger partial charge in [0.05, 0.1) is 23.6 Å². The van der Waals surface area contributed by atoms with Crippen molar-refractivity contribution in [2.24, 2.45) is 0 Å². The average Bonchev–Trinajstić information content (AvgIpc) is 3.41. The lowest BCUT2D eigenvalue weighted by atomic mass is 9.95. The minimum Gasteiger partial charge on any atom is -0.504 e. The number of hydrogen-bond donors (Lipinski definition) is 2. The van der Waals surface area contributed by atoms with Gasteiger partial charge in [0.2, 0.25) is 5.78 Å². The van der Waals surface area contributed by atoms with Crippen molar-refractivity contribution in [1.82, 2.24) is 4.90 Å². The van der Waals surface area contributed by atoms with Gasteiger partial charge in [-0.25, -0.2) is 0 Å². The zero-order valence-electron chi connectivity index (χ0n) is 16.8. The molecule has 31 heavy (non-hydrogen) atoms. The van der Waals surface area contributed by atoms with Crippen molar-refractivity contribution in [2.45, 2.75) is 12.5 Å². The number of thiophene rings is 1. The quantitative estimate of drug-likeness (QED) is 0.541. The second-order valence-electron chi connectivity index (χ2n) is 7.14. The van der Waals surface area contributed by atoms with Crippen LogP contribution >= 0.6 is 11.3 Å². The third-order valence-electron chi connectivity index (χ3n) is 5.30. The fourth-order valence-corrected chi connectivity index (χ4v) is 4.44. The van der Waals surface area contributed by atoms with Gasteiger partial charge in [-0.2, -0.15) is 0 Å². The number of methoxy groups -OCH3 is 1. The van der Waals surface area contributed by atoms with Crippen molar-refractivity contribution < 1.29 is 24.5 Å². The lowest BCUT2D eigenvalue weighted by Crippen LogP contribution is -2.33. The molecule has 0 bridgehead atoms. The maximum Gasteiger partial charge on any atom is 0.290 e. The highest BCUT2D eigenvalue weighted by Gasteiger charge is 2.44. The van der Waals surface area contributed by atoms with Crippen molar-refractivity contribution in [1.29, 1.82) is 0 Å². The number of benzene rings is 2. The summed E-state index contributed by atoms with van der Waals surface area (Å²) in [5, 5.41) is 22.5. The van der Waals surface area contributed by atoms with Crippen LogP contribution in [-0.2, 0) is 11.2 Å². The van der Waals surface area contributed by atoms with Crippen LogP contribution in [0.3, 0.4) is 0 Å². The van der Waals surface area contributed by atoms with Crippen LogP contribution in [0.2, 0.25) is 0 Å². The highest BCUT2D eigenvalue weighted by atomic mass is 32.1. The van der Waals surface area contributed by atoms with Crippen molar-refractivity contribution in [2.75, 3.05) is 13.7 Å². The number of ketones is 1. The molecular formula is C24H21NO5S. The van der Waals surface area contributed by atoms with Gasteiger partial charge in [-0.3, -0.25) is 9.59 Å². The standard InChI is InChI=1S/C24H21NO5S/c1-30-18-14-16(9-10-17(18)26)21-20(22(27)19-8-5-13-31-19)23(28)24(29)25(21)12-11-15-6-3-2-4-7-15/h2-10,13-14,21,26,28H,11-12H2,1H3. The van der Waals surface area contributed by atoms with Gasteiger partial charge in [0, 0.05) is 6.54 Å². The number of Topliss-reactive ketones (excluding diaryl/α,β-unsaturated/α-hetero) is 1. The minimum absolute atomic E-state index is 0.0354. The number of carbonyl (C=O) groups is 2. The number of aliphatic hydroxyl groups is 1. The molecule has 2 aromatic carbocycles. The van der Waals surface area contributed by atoms with E-state index in [1.165, 1.54) is 29.4 Å². The molecule has 1 aromatic heterocycles. The Hall–Kier alpha value is -3.58. The highest BCUT2D eigenvalue weighted by molar-refractivity contribution is 7.12. The summed E-state index contributed by atoms with van der Waals surface area (Å²) < 4.78 is 5.22. The molecule has 0 saturated carbocycles. The molecule has 0 saturated heterocycles. The minimum atomic E-state index is -0.791. The molecule has 1 amide bonds. The smallest absolute Gasteiger partial charge is 0.290 e. The predicted molar refractivity (Wildman–Crippen MR) is 118 cm³/mol. The number of ether oxygens (including phenoxy) is 1. The Morgan fingerprint density at radius 1 is 1.10 bits per heavy atom. The average molecular weight is 436 g/mol. The molecule has 6 nitrogen and oxygen atoms in total. The molecule has 0 spiro atoms. The summed E-state index contributed by atoms with van der Waals surface area (Å²) in [6.45, 7) is 0.308. The van der Waals surface area contributed by atoms with E-state index in [0.717, 1.165) is 5.56 Å². The van der Waals surface area contributed by atoms with Crippen LogP contribution in [0.25, 0.3) is 0 Å². The third kappa shape index (κ3) is 3.92. The summed E-state index contributed by atoms with van der Waals surface area (Å²) in [5.74, 6) is -1.34. The summed E-state index contributed by atoms with van der Waals surface area (Å²) in [6.07, 6.45) is 0.562. The van der Waals surface area contributed by atoms with Crippen LogP contribution in [0.1, 0.15) is 26.8 Å². The summed E-state index contributed by atoms with van der Waals surface area (Å²) in [6, 6.07) is 17.0. The molecule has 1 aliphatic heterocycles. The van der Waals surface area contributed by atoms with E-state index < -0.39 is 17.7 Å². The molecule has 158 valence electrons. The first-order chi connectivity index (χ1) is 15.0. The Labute approximate surface area is 183 Å². The van der Waals surface area contributed by atoms with E-state index in [1.807, 2.05) is 30.3 Å². The molecule has 1 atom stereocenters. The number of phenols is 1. The number of amides is 1. The fraction of sp³-hybridized carbons (Fsp3) is 0.167. The fourth-order valence-electron chi connectivity index (χ4n) is 3.76. The molecular weight excluding hydrogens is 414 g/mol. The summed E-state index contributed by atoms with van der Waals surface area (Å²) in [7, 11) is 1.43. The van der Waals surface area contributed by atoms with E-state index >= 15 is 0 Å². The number of rotatable bonds is 7. The van der Waals surface area contributed by atoms with Crippen molar-refractivity contribution >= 4 is 23.0 Å². The topological polar surface area (TPSA) is 87.1 Å². The Morgan fingerprint density at radius 2 is 1.87 bits per heavy atom. The number of nitrogens with zero attached hydrogens (tertiary/aromatic N) is 1. The zero-order chi connectivity index (χ0) is 22.0. The van der Waals surface area contributed by atoms with E-state index in [-0.39, 0.29) is 22.9 Å². The largest absolute Gasteiger partial charge is 0.504 e. The SMILES string of the molecule is COc1cc(C2C(C(=O)c3cccs3)=C(O)C(=O)N2CCc2ccccc2)ccc1O. The summed E-state index contributed by atoms with van der Waals surface area (Å²) in [4.78, 5) is 28.2. The number of phenolic OH excluding ortho intramolecular Hbond substituents is 1. The highest BCUT2D eigenvalue weighted by Crippen LogP contribution is 2.41. The van der Waals surface area contributed by atoms with Crippen LogP contribution in [0.5, 0.6) is 11.5 Å². The van der Waals surface area contributed by atoms with Crippen LogP contribution in [0.15, 0.2) is 77.4 Å². The number of aromatic hydroxyl groups is 1. The van der Waals surface area contributed by atoms with Crippen molar-refractivity contribution in [3.63, 3.8) is 0 Å². The molecule has 1 aliphatic rings. The monoisotopic (exact) mass is 435 g/mol. The number of carbonyl (C=O) groups excluding carboxylic acids is 2. The van der Waals surface area contributed by atoms with E-state index in [0.29, 0.717) is 23.4 Å². The van der Waals surface area contributed by atoms with E-state index in [2.05, 4.69) is 0 Å². The molecule has 0 radical (unpaired) electrons. The molecule has 2 N–H and O–H groups in total. The Balaban J connectivity index is 1.75. The first-order valence-corrected chi connectivity index (χ1v) is 10.6. The van der Waals surface area contributed by atoms with Crippen molar-refractivity contribution in [3.05, 3.63) is 93.4 Å². The molecule has 4 rings (SSSR count). The number of aliphatic hydroxyl groups excluding tert-OH is 1. The van der Waals surface area contributed by atoms with Gasteiger partial charge in [-0.05, 0) is 41.1 Å². The van der Waals surface area contributed by atoms with Gasteiger partial charge < -0.3 is 19.8 Å². The second-order valence-corrected chi connectivity index (χ2v) is 8.08. The summed E-state index contributed by atoms with van der Waals surface area (Å²) >= 11 is 1.25. The van der Waals surface area contributed by atoms with Crippen LogP contribution in [-0.4, -0.2) is 40.5 Å². The Bertz CT molecular complexity index is 1140. The maximum absolute atomic E-state index is 13.2. The van der Waals surface area contributed by atoms with Crippen LogP contribution in [0.4, 0.5) is 0 Å². The molecule has 3 aromatic rings. The van der Waals surface area contributed by atoms with Crippen molar-refractivity contribution in [3.8, 4) is 11.5 Å². The Morgan fingerprint density at radius 3 is 2.55 bits per heavy atom. The lowest BCUT2D eigenvalue weighted by Gasteiger charge is -2.27. The van der Waals surface area contributed by atoms with E-state index in [1.54, 1.807) is 29.6 Å². The Kier molecular flexibility index (Phi) is 5.77.